The lowest BCUT2D eigenvalue weighted by molar-refractivity contribution is -0.0585. The molecule has 2 aliphatic heterocycles. The highest BCUT2D eigenvalue weighted by Gasteiger charge is 2.49. The van der Waals surface area contributed by atoms with Gasteiger partial charge in [-0.15, -0.1) is 0 Å². The lowest BCUT2D eigenvalue weighted by Crippen LogP contribution is -2.68. The number of anilines is 1. The van der Waals surface area contributed by atoms with Crippen molar-refractivity contribution in [3.63, 3.8) is 0 Å². The number of aliphatic hydroxyl groups is 1. The molecule has 0 aliphatic carbocycles. The van der Waals surface area contributed by atoms with Crippen molar-refractivity contribution in [1.82, 2.24) is 9.80 Å². The number of rotatable bonds is 4. The molecule has 29 heavy (non-hydrogen) atoms. The van der Waals surface area contributed by atoms with Crippen LogP contribution in [0.1, 0.15) is 24.3 Å². The summed E-state index contributed by atoms with van der Waals surface area (Å²) < 4.78 is 5.18. The van der Waals surface area contributed by atoms with Crippen LogP contribution in [0.15, 0.2) is 54.6 Å². The number of aliphatic hydroxyl groups excluding tert-OH is 1. The van der Waals surface area contributed by atoms with Crippen molar-refractivity contribution in [2.45, 2.75) is 30.8 Å². The minimum Gasteiger partial charge on any atom is -0.497 e. The van der Waals surface area contributed by atoms with E-state index in [0.29, 0.717) is 6.54 Å². The number of carbonyl (C=O) groups excluding carboxylic acids is 1. The van der Waals surface area contributed by atoms with Gasteiger partial charge < -0.3 is 20.1 Å². The fraction of sp³-hybridized carbons (Fsp3) is 0.435. The molecule has 6 nitrogen and oxygen atoms in total. The minimum atomic E-state index is -0.0729. The number of hydrogen-bond acceptors (Lipinski definition) is 4. The van der Waals surface area contributed by atoms with Crippen LogP contribution in [0.25, 0.3) is 0 Å². The van der Waals surface area contributed by atoms with E-state index in [9.17, 15) is 9.90 Å². The molecule has 0 unspecified atom stereocenters. The van der Waals surface area contributed by atoms with E-state index in [1.54, 1.807) is 7.11 Å². The highest BCUT2D eigenvalue weighted by atomic mass is 16.5. The molecule has 2 aliphatic rings. The van der Waals surface area contributed by atoms with Gasteiger partial charge in [-0.1, -0.05) is 30.3 Å². The van der Waals surface area contributed by atoms with E-state index in [4.69, 9.17) is 4.74 Å². The maximum absolute atomic E-state index is 13.0. The summed E-state index contributed by atoms with van der Waals surface area (Å²) in [4.78, 5) is 17.3. The summed E-state index contributed by atoms with van der Waals surface area (Å²) in [5.41, 5.74) is 2.00. The molecule has 2 saturated heterocycles. The minimum absolute atomic E-state index is 0.0729. The maximum Gasteiger partial charge on any atom is 0.321 e. The fourth-order valence-corrected chi connectivity index (χ4v) is 4.68. The van der Waals surface area contributed by atoms with Crippen LogP contribution in [0.2, 0.25) is 0 Å². The van der Waals surface area contributed by atoms with Gasteiger partial charge >= 0.3 is 6.03 Å². The molecule has 4 rings (SSSR count). The van der Waals surface area contributed by atoms with E-state index >= 15 is 0 Å². The zero-order valence-electron chi connectivity index (χ0n) is 16.8. The summed E-state index contributed by atoms with van der Waals surface area (Å²) in [5.74, 6) is 1.01. The first-order valence-electron chi connectivity index (χ1n) is 10.3. The number of urea groups is 1. The van der Waals surface area contributed by atoms with Crippen molar-refractivity contribution in [2.24, 2.45) is 0 Å². The molecule has 0 saturated carbocycles. The van der Waals surface area contributed by atoms with Crippen LogP contribution < -0.4 is 10.1 Å². The van der Waals surface area contributed by atoms with Crippen LogP contribution in [0, 0.1) is 0 Å². The van der Waals surface area contributed by atoms with Gasteiger partial charge in [0.15, 0.2) is 0 Å². The summed E-state index contributed by atoms with van der Waals surface area (Å²) in [5, 5.41) is 13.0. The summed E-state index contributed by atoms with van der Waals surface area (Å²) in [6.45, 7) is 2.54. The molecule has 2 fully saturated rings. The molecule has 2 amide bonds. The fourth-order valence-electron chi connectivity index (χ4n) is 4.68. The average molecular weight is 396 g/mol. The second-order valence-corrected chi connectivity index (χ2v) is 7.80. The number of methoxy groups -OCH3 is 1. The number of ether oxygens (including phenoxy) is 1. The molecule has 154 valence electrons. The quantitative estimate of drug-likeness (QED) is 0.835. The van der Waals surface area contributed by atoms with Gasteiger partial charge in [0.05, 0.1) is 13.7 Å². The Kier molecular flexibility index (Phi) is 6.02. The van der Waals surface area contributed by atoms with E-state index in [-0.39, 0.29) is 30.6 Å². The monoisotopic (exact) mass is 395 g/mol. The Hall–Kier alpha value is -2.57. The molecular weight excluding hydrogens is 366 g/mol. The molecular formula is C23H29N3O3. The van der Waals surface area contributed by atoms with Crippen LogP contribution in [0.4, 0.5) is 10.5 Å². The first-order valence-corrected chi connectivity index (χ1v) is 10.3. The van der Waals surface area contributed by atoms with E-state index < -0.39 is 0 Å². The number of hydrogen-bond donors (Lipinski definition) is 2. The van der Waals surface area contributed by atoms with Crippen molar-refractivity contribution >= 4 is 11.7 Å². The van der Waals surface area contributed by atoms with E-state index in [1.165, 1.54) is 5.56 Å². The molecule has 2 aromatic rings. The third-order valence-electron chi connectivity index (χ3n) is 6.18. The zero-order chi connectivity index (χ0) is 20.2. The average Bonchev–Trinajstić information content (AvgIpc) is 2.74. The molecule has 2 aromatic carbocycles. The van der Waals surface area contributed by atoms with Gasteiger partial charge in [-0.05, 0) is 49.2 Å². The summed E-state index contributed by atoms with van der Waals surface area (Å²) in [7, 11) is 1.63. The Labute approximate surface area is 172 Å². The van der Waals surface area contributed by atoms with Crippen molar-refractivity contribution < 1.29 is 14.6 Å². The van der Waals surface area contributed by atoms with Crippen LogP contribution in [-0.2, 0) is 0 Å². The Bertz CT molecular complexity index is 812. The Morgan fingerprint density at radius 3 is 2.52 bits per heavy atom. The summed E-state index contributed by atoms with van der Waals surface area (Å²) in [6, 6.07) is 18.0. The van der Waals surface area contributed by atoms with Crippen LogP contribution >= 0.6 is 0 Å². The molecule has 2 heterocycles. The van der Waals surface area contributed by atoms with Gasteiger partial charge in [-0.2, -0.15) is 0 Å². The third-order valence-corrected chi connectivity index (χ3v) is 6.18. The molecule has 0 radical (unpaired) electrons. The zero-order valence-corrected chi connectivity index (χ0v) is 16.8. The predicted molar refractivity (Wildman–Crippen MR) is 113 cm³/mol. The number of nitrogens with one attached hydrogen (secondary N) is 1. The van der Waals surface area contributed by atoms with Crippen LogP contribution in [-0.4, -0.2) is 66.4 Å². The number of carbonyl (C=O) groups is 1. The second-order valence-electron chi connectivity index (χ2n) is 7.80. The van der Waals surface area contributed by atoms with E-state index in [0.717, 1.165) is 37.4 Å². The van der Waals surface area contributed by atoms with E-state index in [2.05, 4.69) is 22.3 Å². The number of amides is 2. The number of fused-ring (bicyclic) bond motifs is 1. The van der Waals surface area contributed by atoms with E-state index in [1.807, 2.05) is 47.4 Å². The van der Waals surface area contributed by atoms with Crippen molar-refractivity contribution in [3.8, 4) is 5.75 Å². The van der Waals surface area contributed by atoms with Gasteiger partial charge in [0.1, 0.15) is 5.75 Å². The van der Waals surface area contributed by atoms with Crippen LogP contribution in [0.5, 0.6) is 5.75 Å². The standard InChI is InChI=1S/C23H29N3O3/c1-29-19-11-9-18(10-12-19)24-23(28)25-13-5-6-14-26-20(15-25)22(21(26)16-27)17-7-3-2-4-8-17/h2-4,7-12,20-22,27H,5-6,13-16H2,1H3,(H,24,28)/t20-,21+,22+/m0/s1. The molecule has 0 aromatic heterocycles. The predicted octanol–water partition coefficient (Wildman–Crippen LogP) is 3.15. The summed E-state index contributed by atoms with van der Waals surface area (Å²) in [6.07, 6.45) is 1.99. The van der Waals surface area contributed by atoms with Gasteiger partial charge in [0.2, 0.25) is 0 Å². The molecule has 2 N–H and O–H groups in total. The van der Waals surface area contributed by atoms with Gasteiger partial charge in [0, 0.05) is 36.8 Å². The van der Waals surface area contributed by atoms with Crippen molar-refractivity contribution in [3.05, 3.63) is 60.2 Å². The van der Waals surface area contributed by atoms with Gasteiger partial charge in [-0.25, -0.2) is 4.79 Å². The number of nitrogens with zero attached hydrogens (tertiary/aromatic N) is 2. The molecule has 0 spiro atoms. The largest absolute Gasteiger partial charge is 0.497 e. The topological polar surface area (TPSA) is 65.0 Å². The molecule has 6 heteroatoms. The lowest BCUT2D eigenvalue weighted by Gasteiger charge is -2.57. The Morgan fingerprint density at radius 2 is 1.83 bits per heavy atom. The smallest absolute Gasteiger partial charge is 0.321 e. The number of benzene rings is 2. The highest BCUT2D eigenvalue weighted by molar-refractivity contribution is 5.89. The molecule has 3 atom stereocenters. The third kappa shape index (κ3) is 4.09. The first-order chi connectivity index (χ1) is 14.2. The van der Waals surface area contributed by atoms with Crippen molar-refractivity contribution in [2.75, 3.05) is 38.7 Å². The first kappa shape index (κ1) is 19.7. The van der Waals surface area contributed by atoms with Crippen LogP contribution in [0.3, 0.4) is 0 Å². The Balaban J connectivity index is 1.49. The normalized spacial score (nSPS) is 24.6. The Morgan fingerprint density at radius 1 is 1.10 bits per heavy atom. The van der Waals surface area contributed by atoms with Gasteiger partial charge in [-0.3, -0.25) is 4.90 Å². The second kappa shape index (κ2) is 8.84. The summed E-state index contributed by atoms with van der Waals surface area (Å²) >= 11 is 0. The molecule has 0 bridgehead atoms. The SMILES string of the molecule is COc1ccc(NC(=O)N2CCCCN3[C@H](CO)[C@H](c4ccccc4)[C@@H]3C2)cc1. The lowest BCUT2D eigenvalue weighted by atomic mass is 9.74. The van der Waals surface area contributed by atoms with Gasteiger partial charge in [0.25, 0.3) is 0 Å². The maximum atomic E-state index is 13.0. The van der Waals surface area contributed by atoms with Crippen molar-refractivity contribution in [1.29, 1.82) is 0 Å². The highest BCUT2D eigenvalue weighted by Crippen LogP contribution is 2.41.